The van der Waals surface area contributed by atoms with Crippen LogP contribution in [-0.2, 0) is 16.6 Å². The van der Waals surface area contributed by atoms with Crippen molar-refractivity contribution in [2.24, 2.45) is 0 Å². The van der Waals surface area contributed by atoms with Gasteiger partial charge in [-0.25, -0.2) is 14.6 Å². The van der Waals surface area contributed by atoms with Crippen molar-refractivity contribution in [1.29, 1.82) is 0 Å². The molecular formula is C19H21ClFN3O2. The Labute approximate surface area is 156 Å². The van der Waals surface area contributed by atoms with Gasteiger partial charge in [-0.3, -0.25) is 10.2 Å². The van der Waals surface area contributed by atoms with Crippen LogP contribution in [0.25, 0.3) is 0 Å². The number of carbonyl (C=O) groups excluding carboxylic acids is 2. The Balaban J connectivity index is 1.76. The van der Waals surface area contributed by atoms with E-state index in [0.29, 0.717) is 17.1 Å². The van der Waals surface area contributed by atoms with Gasteiger partial charge in [0.1, 0.15) is 5.82 Å². The van der Waals surface area contributed by atoms with E-state index >= 15 is 0 Å². The minimum atomic E-state index is -0.514. The summed E-state index contributed by atoms with van der Waals surface area (Å²) in [6.45, 7) is 4.35. The van der Waals surface area contributed by atoms with Crippen LogP contribution in [0.5, 0.6) is 0 Å². The van der Waals surface area contributed by atoms with Gasteiger partial charge in [-0.2, -0.15) is 0 Å². The molecule has 0 atom stereocenters. The third kappa shape index (κ3) is 6.04. The van der Waals surface area contributed by atoms with Gasteiger partial charge >= 0.3 is 6.03 Å². The van der Waals surface area contributed by atoms with Gasteiger partial charge in [0.15, 0.2) is 0 Å². The fourth-order valence-corrected chi connectivity index (χ4v) is 2.43. The van der Waals surface area contributed by atoms with Crippen LogP contribution in [0, 0.1) is 5.82 Å². The van der Waals surface area contributed by atoms with E-state index in [4.69, 9.17) is 11.6 Å². The van der Waals surface area contributed by atoms with Gasteiger partial charge in [0.2, 0.25) is 5.91 Å². The van der Waals surface area contributed by atoms with E-state index in [-0.39, 0.29) is 17.7 Å². The zero-order valence-electron chi connectivity index (χ0n) is 14.6. The number of benzene rings is 2. The Morgan fingerprint density at radius 1 is 1.00 bits per heavy atom. The largest absolute Gasteiger partial charge is 0.336 e. The van der Waals surface area contributed by atoms with E-state index < -0.39 is 11.9 Å². The summed E-state index contributed by atoms with van der Waals surface area (Å²) in [5, 5.41) is 3.37. The van der Waals surface area contributed by atoms with Gasteiger partial charge in [-0.15, -0.1) is 0 Å². The van der Waals surface area contributed by atoms with E-state index in [0.717, 1.165) is 5.56 Å². The third-order valence-corrected chi connectivity index (χ3v) is 4.16. The first-order valence-corrected chi connectivity index (χ1v) is 8.47. The maximum absolute atomic E-state index is 12.8. The Hall–Kier alpha value is -2.60. The molecule has 0 aromatic heterocycles. The summed E-state index contributed by atoms with van der Waals surface area (Å²) in [4.78, 5) is 23.7. The van der Waals surface area contributed by atoms with Crippen molar-refractivity contribution in [1.82, 2.24) is 16.2 Å². The van der Waals surface area contributed by atoms with E-state index in [1.807, 2.05) is 26.0 Å². The molecule has 0 saturated carbocycles. The number of carbonyl (C=O) groups is 2. The van der Waals surface area contributed by atoms with Gasteiger partial charge in [-0.05, 0) is 35.4 Å². The van der Waals surface area contributed by atoms with Gasteiger partial charge in [-0.1, -0.05) is 49.7 Å². The average molecular weight is 378 g/mol. The lowest BCUT2D eigenvalue weighted by atomic mass is 9.85. The van der Waals surface area contributed by atoms with Gasteiger partial charge in [0.25, 0.3) is 0 Å². The van der Waals surface area contributed by atoms with Crippen LogP contribution in [0.1, 0.15) is 25.0 Å². The summed E-state index contributed by atoms with van der Waals surface area (Å²) in [5.41, 5.74) is 5.99. The fourth-order valence-electron chi connectivity index (χ4n) is 2.31. The van der Waals surface area contributed by atoms with Crippen molar-refractivity contribution < 1.29 is 14.0 Å². The summed E-state index contributed by atoms with van der Waals surface area (Å²) < 4.78 is 12.8. The molecule has 2 aromatic carbocycles. The molecule has 7 heteroatoms. The highest BCUT2D eigenvalue weighted by atomic mass is 35.5. The smallest absolute Gasteiger partial charge is 0.333 e. The first kappa shape index (κ1) is 19.7. The molecule has 5 nitrogen and oxygen atoms in total. The molecular weight excluding hydrogens is 357 g/mol. The number of urea groups is 1. The lowest BCUT2D eigenvalue weighted by Crippen LogP contribution is -2.49. The molecule has 0 aliphatic rings. The van der Waals surface area contributed by atoms with E-state index in [9.17, 15) is 14.0 Å². The van der Waals surface area contributed by atoms with Gasteiger partial charge in [0, 0.05) is 17.0 Å². The van der Waals surface area contributed by atoms with Crippen LogP contribution in [-0.4, -0.2) is 18.5 Å². The van der Waals surface area contributed by atoms with Crippen molar-refractivity contribution in [3.05, 3.63) is 70.5 Å². The molecule has 3 amide bonds. The molecule has 2 aromatic rings. The predicted molar refractivity (Wildman–Crippen MR) is 99.3 cm³/mol. The number of hydrazine groups is 1. The highest BCUT2D eigenvalue weighted by Crippen LogP contribution is 2.23. The molecule has 0 saturated heterocycles. The van der Waals surface area contributed by atoms with Crippen molar-refractivity contribution in [3.8, 4) is 0 Å². The highest BCUT2D eigenvalue weighted by Gasteiger charge is 2.21. The van der Waals surface area contributed by atoms with Crippen LogP contribution in [0.4, 0.5) is 9.18 Å². The quantitative estimate of drug-likeness (QED) is 0.699. The second kappa shape index (κ2) is 8.67. The van der Waals surface area contributed by atoms with Crippen molar-refractivity contribution in [2.45, 2.75) is 25.7 Å². The average Bonchev–Trinajstić information content (AvgIpc) is 2.61. The number of hydrogen-bond acceptors (Lipinski definition) is 2. The maximum atomic E-state index is 12.8. The molecule has 138 valence electrons. The maximum Gasteiger partial charge on any atom is 0.333 e. The predicted octanol–water partition coefficient (Wildman–Crippen LogP) is 3.33. The van der Waals surface area contributed by atoms with E-state index in [1.165, 1.54) is 24.3 Å². The minimum absolute atomic E-state index is 0.0385. The summed E-state index contributed by atoms with van der Waals surface area (Å²) in [6, 6.07) is 12.5. The zero-order valence-corrected chi connectivity index (χ0v) is 15.4. The molecule has 0 radical (unpaired) electrons. The van der Waals surface area contributed by atoms with Crippen molar-refractivity contribution in [3.63, 3.8) is 0 Å². The Morgan fingerprint density at radius 3 is 2.23 bits per heavy atom. The molecule has 0 spiro atoms. The molecule has 0 aliphatic carbocycles. The molecule has 0 bridgehead atoms. The highest BCUT2D eigenvalue weighted by molar-refractivity contribution is 6.30. The van der Waals surface area contributed by atoms with Crippen LogP contribution >= 0.6 is 11.6 Å². The summed E-state index contributed by atoms with van der Waals surface area (Å²) in [6.07, 6.45) is 0.0385. The number of hydrogen-bond donors (Lipinski definition) is 3. The van der Waals surface area contributed by atoms with Gasteiger partial charge in [0.05, 0.1) is 6.42 Å². The first-order chi connectivity index (χ1) is 12.3. The normalized spacial score (nSPS) is 10.9. The van der Waals surface area contributed by atoms with Crippen LogP contribution in [0.15, 0.2) is 48.5 Å². The Bertz CT molecular complexity index is 761. The number of nitrogens with one attached hydrogen (secondary N) is 3. The summed E-state index contributed by atoms with van der Waals surface area (Å²) in [5.74, 6) is -0.765. The molecule has 0 unspecified atom stereocenters. The number of rotatable bonds is 5. The van der Waals surface area contributed by atoms with Crippen LogP contribution in [0.2, 0.25) is 5.02 Å². The summed E-state index contributed by atoms with van der Waals surface area (Å²) in [7, 11) is 0. The van der Waals surface area contributed by atoms with Gasteiger partial charge < -0.3 is 5.32 Å². The first-order valence-electron chi connectivity index (χ1n) is 8.09. The van der Waals surface area contributed by atoms with E-state index in [1.54, 1.807) is 12.1 Å². The van der Waals surface area contributed by atoms with Crippen molar-refractivity contribution >= 4 is 23.5 Å². The lowest BCUT2D eigenvalue weighted by molar-refractivity contribution is -0.121. The molecule has 0 aliphatic heterocycles. The molecule has 26 heavy (non-hydrogen) atoms. The van der Waals surface area contributed by atoms with Crippen molar-refractivity contribution in [2.75, 3.05) is 6.54 Å². The van der Waals surface area contributed by atoms with Crippen LogP contribution < -0.4 is 16.2 Å². The second-order valence-electron chi connectivity index (χ2n) is 6.55. The summed E-state index contributed by atoms with van der Waals surface area (Å²) >= 11 is 5.89. The number of amides is 3. The molecule has 2 rings (SSSR count). The topological polar surface area (TPSA) is 70.2 Å². The third-order valence-electron chi connectivity index (χ3n) is 3.91. The Morgan fingerprint density at radius 2 is 1.62 bits per heavy atom. The SMILES string of the molecule is CC(C)(CNC(=O)NNC(=O)Cc1ccc(F)cc1)c1ccc(Cl)cc1. The lowest BCUT2D eigenvalue weighted by Gasteiger charge is -2.25. The monoisotopic (exact) mass is 377 g/mol. The molecule has 3 N–H and O–H groups in total. The molecule has 0 fully saturated rings. The zero-order chi connectivity index (χ0) is 19.2. The van der Waals surface area contributed by atoms with Crippen LogP contribution in [0.3, 0.4) is 0 Å². The molecule has 0 heterocycles. The van der Waals surface area contributed by atoms with E-state index in [2.05, 4.69) is 16.2 Å². The number of halogens is 2. The Kier molecular flexibility index (Phi) is 6.58. The second-order valence-corrected chi connectivity index (χ2v) is 6.99. The standard InChI is InChI=1S/C19H21ClFN3O2/c1-19(2,14-5-7-15(20)8-6-14)12-22-18(26)24-23-17(25)11-13-3-9-16(21)10-4-13/h3-10H,11-12H2,1-2H3,(H,23,25)(H2,22,24,26). The minimum Gasteiger partial charge on any atom is -0.336 e. The fraction of sp³-hybridized carbons (Fsp3) is 0.263.